The smallest absolute Gasteiger partial charge is 0.165 e. The largest absolute Gasteiger partial charge is 0.494 e. The van der Waals surface area contributed by atoms with Gasteiger partial charge in [0.1, 0.15) is 0 Å². The summed E-state index contributed by atoms with van der Waals surface area (Å²) < 4.78 is 18.6. The minimum Gasteiger partial charge on any atom is -0.494 e. The van der Waals surface area contributed by atoms with Gasteiger partial charge in [-0.1, -0.05) is 6.07 Å². The number of piperazine rings is 1. The number of methoxy groups -OCH3 is 1. The molecule has 0 aromatic heterocycles. The Hall–Kier alpha value is -1.17. The lowest BCUT2D eigenvalue weighted by atomic mass is 10.1. The Labute approximate surface area is 126 Å². The van der Waals surface area contributed by atoms with Crippen LogP contribution in [0.1, 0.15) is 19.4 Å². The zero-order valence-electron chi connectivity index (χ0n) is 13.1. The van der Waals surface area contributed by atoms with Gasteiger partial charge in [-0.15, -0.1) is 0 Å². The van der Waals surface area contributed by atoms with Gasteiger partial charge in [-0.05, 0) is 31.5 Å². The fourth-order valence-electron chi connectivity index (χ4n) is 2.89. The number of aliphatic hydroxyl groups excluding tert-OH is 1. The molecule has 0 spiro atoms. The standard InChI is InChI=1S/C16H25FN2O2/c1-12-9-18(6-7-19(12)10-13(2)20)11-14-4-5-16(21-3)15(17)8-14/h4-5,8,12-13,20H,6-7,9-11H2,1-3H3/t12-,13+/m1/s1. The van der Waals surface area contributed by atoms with E-state index in [2.05, 4.69) is 16.7 Å². The predicted molar refractivity (Wildman–Crippen MR) is 80.9 cm³/mol. The van der Waals surface area contributed by atoms with E-state index in [1.54, 1.807) is 12.1 Å². The van der Waals surface area contributed by atoms with Crippen LogP contribution in [-0.4, -0.2) is 60.3 Å². The molecule has 1 fully saturated rings. The molecule has 1 saturated heterocycles. The van der Waals surface area contributed by atoms with Crippen molar-refractivity contribution in [3.63, 3.8) is 0 Å². The topological polar surface area (TPSA) is 35.9 Å². The van der Waals surface area contributed by atoms with Crippen LogP contribution in [0.25, 0.3) is 0 Å². The SMILES string of the molecule is COc1ccc(CN2CCN(C[C@H](C)O)[C@H](C)C2)cc1F. The van der Waals surface area contributed by atoms with E-state index in [0.717, 1.165) is 31.7 Å². The number of ether oxygens (including phenoxy) is 1. The lowest BCUT2D eigenvalue weighted by Gasteiger charge is -2.40. The molecule has 0 saturated carbocycles. The molecular formula is C16H25FN2O2. The molecule has 1 heterocycles. The van der Waals surface area contributed by atoms with Crippen molar-refractivity contribution in [3.8, 4) is 5.75 Å². The van der Waals surface area contributed by atoms with Gasteiger partial charge in [-0.3, -0.25) is 9.80 Å². The lowest BCUT2D eigenvalue weighted by molar-refractivity contribution is 0.0422. The highest BCUT2D eigenvalue weighted by Gasteiger charge is 2.24. The van der Waals surface area contributed by atoms with Crippen LogP contribution in [0.15, 0.2) is 18.2 Å². The average Bonchev–Trinajstić information content (AvgIpc) is 2.42. The molecule has 0 aliphatic carbocycles. The molecule has 1 aliphatic heterocycles. The van der Waals surface area contributed by atoms with Crippen LogP contribution in [0, 0.1) is 5.82 Å². The molecule has 2 rings (SSSR count). The summed E-state index contributed by atoms with van der Waals surface area (Å²) >= 11 is 0. The van der Waals surface area contributed by atoms with Gasteiger partial charge in [0.25, 0.3) is 0 Å². The van der Waals surface area contributed by atoms with E-state index in [1.807, 2.05) is 13.0 Å². The molecule has 1 aromatic carbocycles. The van der Waals surface area contributed by atoms with Crippen molar-refractivity contribution < 1.29 is 14.2 Å². The number of aliphatic hydroxyl groups is 1. The molecule has 2 atom stereocenters. The second-order valence-electron chi connectivity index (χ2n) is 5.90. The molecule has 21 heavy (non-hydrogen) atoms. The summed E-state index contributed by atoms with van der Waals surface area (Å²) in [6.45, 7) is 8.25. The number of hydrogen-bond donors (Lipinski definition) is 1. The van der Waals surface area contributed by atoms with Crippen LogP contribution in [0.3, 0.4) is 0 Å². The third-order valence-corrected chi connectivity index (χ3v) is 3.97. The average molecular weight is 296 g/mol. The molecule has 5 heteroatoms. The number of nitrogens with zero attached hydrogens (tertiary/aromatic N) is 2. The maximum atomic E-state index is 13.7. The quantitative estimate of drug-likeness (QED) is 0.897. The summed E-state index contributed by atoms with van der Waals surface area (Å²) in [6.07, 6.45) is -0.297. The van der Waals surface area contributed by atoms with Crippen molar-refractivity contribution >= 4 is 0 Å². The minimum atomic E-state index is -0.309. The first kappa shape index (κ1) is 16.2. The molecule has 4 nitrogen and oxygen atoms in total. The van der Waals surface area contributed by atoms with Crippen molar-refractivity contribution in [2.75, 3.05) is 33.3 Å². The summed E-state index contributed by atoms with van der Waals surface area (Å²) in [4.78, 5) is 4.63. The van der Waals surface area contributed by atoms with Crippen LogP contribution in [-0.2, 0) is 6.54 Å². The number of benzene rings is 1. The summed E-state index contributed by atoms with van der Waals surface area (Å²) in [7, 11) is 1.47. The summed E-state index contributed by atoms with van der Waals surface area (Å²) in [5.41, 5.74) is 0.962. The van der Waals surface area contributed by atoms with Crippen molar-refractivity contribution in [1.29, 1.82) is 0 Å². The predicted octanol–water partition coefficient (Wildman–Crippen LogP) is 1.72. The van der Waals surface area contributed by atoms with E-state index in [0.29, 0.717) is 12.6 Å². The van der Waals surface area contributed by atoms with Crippen molar-refractivity contribution in [2.24, 2.45) is 0 Å². The first-order valence-electron chi connectivity index (χ1n) is 7.46. The molecule has 1 N–H and O–H groups in total. The van der Waals surface area contributed by atoms with Crippen molar-refractivity contribution in [3.05, 3.63) is 29.6 Å². The van der Waals surface area contributed by atoms with Gasteiger partial charge in [0.2, 0.25) is 0 Å². The van der Waals surface area contributed by atoms with E-state index in [4.69, 9.17) is 4.74 Å². The maximum Gasteiger partial charge on any atom is 0.165 e. The number of hydrogen-bond acceptors (Lipinski definition) is 4. The van der Waals surface area contributed by atoms with Crippen LogP contribution >= 0.6 is 0 Å². The molecular weight excluding hydrogens is 271 g/mol. The van der Waals surface area contributed by atoms with Crippen molar-refractivity contribution in [2.45, 2.75) is 32.5 Å². The molecule has 0 amide bonds. The molecule has 0 radical (unpaired) electrons. The van der Waals surface area contributed by atoms with Gasteiger partial charge in [0.05, 0.1) is 13.2 Å². The molecule has 1 aliphatic rings. The third kappa shape index (κ3) is 4.40. The molecule has 0 bridgehead atoms. The van der Waals surface area contributed by atoms with E-state index in [9.17, 15) is 9.50 Å². The first-order valence-corrected chi connectivity index (χ1v) is 7.46. The fourth-order valence-corrected chi connectivity index (χ4v) is 2.89. The van der Waals surface area contributed by atoms with Crippen LogP contribution in [0.4, 0.5) is 4.39 Å². The van der Waals surface area contributed by atoms with Crippen LogP contribution < -0.4 is 4.74 Å². The Kier molecular flexibility index (Phi) is 5.56. The number of halogens is 1. The Morgan fingerprint density at radius 1 is 1.43 bits per heavy atom. The van der Waals surface area contributed by atoms with Crippen LogP contribution in [0.2, 0.25) is 0 Å². The summed E-state index contributed by atoms with van der Waals surface area (Å²) in [6, 6.07) is 5.54. The zero-order chi connectivity index (χ0) is 15.4. The van der Waals surface area contributed by atoms with Gasteiger partial charge in [-0.25, -0.2) is 4.39 Å². The third-order valence-electron chi connectivity index (χ3n) is 3.97. The Morgan fingerprint density at radius 3 is 2.76 bits per heavy atom. The summed E-state index contributed by atoms with van der Waals surface area (Å²) in [5, 5.41) is 9.49. The normalized spacial score (nSPS) is 22.2. The highest BCUT2D eigenvalue weighted by atomic mass is 19.1. The highest BCUT2D eigenvalue weighted by molar-refractivity contribution is 5.29. The Morgan fingerprint density at radius 2 is 2.19 bits per heavy atom. The van der Waals surface area contributed by atoms with Gasteiger partial charge in [-0.2, -0.15) is 0 Å². The monoisotopic (exact) mass is 296 g/mol. The fraction of sp³-hybridized carbons (Fsp3) is 0.625. The van der Waals surface area contributed by atoms with Gasteiger partial charge in [0, 0.05) is 38.8 Å². The first-order chi connectivity index (χ1) is 9.99. The van der Waals surface area contributed by atoms with Gasteiger partial charge < -0.3 is 9.84 Å². The minimum absolute atomic E-state index is 0.286. The van der Waals surface area contributed by atoms with Crippen LogP contribution in [0.5, 0.6) is 5.75 Å². The van der Waals surface area contributed by atoms with Crippen molar-refractivity contribution in [1.82, 2.24) is 9.80 Å². The molecule has 1 aromatic rings. The van der Waals surface area contributed by atoms with E-state index in [-0.39, 0.29) is 17.7 Å². The van der Waals surface area contributed by atoms with E-state index >= 15 is 0 Å². The van der Waals surface area contributed by atoms with Gasteiger partial charge >= 0.3 is 0 Å². The Bertz CT molecular complexity index is 468. The van der Waals surface area contributed by atoms with E-state index < -0.39 is 0 Å². The van der Waals surface area contributed by atoms with Gasteiger partial charge in [0.15, 0.2) is 11.6 Å². The van der Waals surface area contributed by atoms with E-state index in [1.165, 1.54) is 7.11 Å². The number of rotatable bonds is 5. The second kappa shape index (κ2) is 7.20. The lowest BCUT2D eigenvalue weighted by Crippen LogP contribution is -2.53. The summed E-state index contributed by atoms with van der Waals surface area (Å²) in [5.74, 6) is -0.0235. The molecule has 118 valence electrons. The molecule has 0 unspecified atom stereocenters. The maximum absolute atomic E-state index is 13.7. The highest BCUT2D eigenvalue weighted by Crippen LogP contribution is 2.20. The Balaban J connectivity index is 1.92. The zero-order valence-corrected chi connectivity index (χ0v) is 13.1. The second-order valence-corrected chi connectivity index (χ2v) is 5.90. The number of β-amino-alcohol motifs (C(OH)–C–C–N with tert-alkyl or cyclic N) is 1.